The number of benzene rings is 1. The Hall–Kier alpha value is -3.67. The van der Waals surface area contributed by atoms with E-state index in [9.17, 15) is 32.3 Å². The Balaban J connectivity index is 1.71. The number of hydrogen-bond donors (Lipinski definition) is 3. The fourth-order valence-corrected chi connectivity index (χ4v) is 5.07. The molecule has 1 fully saturated rings. The summed E-state index contributed by atoms with van der Waals surface area (Å²) in [6.45, 7) is 5.23. The highest BCUT2D eigenvalue weighted by molar-refractivity contribution is 6.31. The van der Waals surface area contributed by atoms with E-state index < -0.39 is 63.6 Å². The number of pyridine rings is 1. The fraction of sp³-hybridized carbons (Fsp3) is 0.407. The molecule has 3 N–H and O–H groups in total. The molecule has 0 radical (unpaired) electrons. The largest absolute Gasteiger partial charge is 0.478 e. The molecular weight excluding hydrogens is 556 g/mol. The van der Waals surface area contributed by atoms with E-state index in [-0.39, 0.29) is 28.7 Å². The SMILES string of the molecule is CC(C)(C)OC(=O)NC1CCC(C2=C(C(=O)O)C(c3ccc(F)c(F)c3Cl)N=C(c3ncc(F)cc3F)N2)CC1. The fourth-order valence-electron chi connectivity index (χ4n) is 4.81. The number of aromatic nitrogens is 1. The van der Waals surface area contributed by atoms with E-state index in [1.54, 1.807) is 20.8 Å². The van der Waals surface area contributed by atoms with E-state index in [0.717, 1.165) is 18.3 Å². The molecule has 0 spiro atoms. The number of aliphatic imine (C=N–C) groups is 1. The zero-order valence-corrected chi connectivity index (χ0v) is 22.6. The van der Waals surface area contributed by atoms with Gasteiger partial charge in [-0.05, 0) is 58.4 Å². The maximum absolute atomic E-state index is 14.7. The van der Waals surface area contributed by atoms with Crippen molar-refractivity contribution in [2.45, 2.75) is 64.1 Å². The van der Waals surface area contributed by atoms with Crippen molar-refractivity contribution >= 4 is 29.5 Å². The summed E-state index contributed by atoms with van der Waals surface area (Å²) in [6.07, 6.45) is 1.95. The van der Waals surface area contributed by atoms with Crippen molar-refractivity contribution in [1.82, 2.24) is 15.6 Å². The van der Waals surface area contributed by atoms with Crippen LogP contribution < -0.4 is 10.6 Å². The van der Waals surface area contributed by atoms with E-state index >= 15 is 0 Å². The molecule has 40 heavy (non-hydrogen) atoms. The number of carboxylic acid groups (broad SMARTS) is 1. The summed E-state index contributed by atoms with van der Waals surface area (Å²) in [4.78, 5) is 32.8. The summed E-state index contributed by atoms with van der Waals surface area (Å²) in [5.41, 5.74) is -1.36. The molecule has 1 amide bonds. The summed E-state index contributed by atoms with van der Waals surface area (Å²) in [5, 5.41) is 15.2. The second-order valence-electron chi connectivity index (χ2n) is 10.6. The number of allylic oxidation sites excluding steroid dienone is 1. The number of carbonyl (C=O) groups excluding carboxylic acids is 1. The lowest BCUT2D eigenvalue weighted by Gasteiger charge is -2.35. The topological polar surface area (TPSA) is 113 Å². The standard InChI is InChI=1S/C27H27ClF4N4O4/c1-27(2,3)40-26(39)34-14-6-4-12(5-7-14)21-18(25(37)38)22(15-8-9-16(30)20(32)19(15)28)36-24(35-21)23-17(31)10-13(29)11-33-23/h8-12,14,22H,4-7H2,1-3H3,(H,34,39)(H,35,36)(H,37,38). The zero-order valence-electron chi connectivity index (χ0n) is 21.8. The Kier molecular flexibility index (Phi) is 8.38. The first-order chi connectivity index (χ1) is 18.7. The van der Waals surface area contributed by atoms with Crippen molar-refractivity contribution in [1.29, 1.82) is 0 Å². The van der Waals surface area contributed by atoms with Crippen LogP contribution in [0.4, 0.5) is 22.4 Å². The second kappa shape index (κ2) is 11.4. The van der Waals surface area contributed by atoms with Crippen LogP contribution in [0.1, 0.15) is 63.8 Å². The number of carbonyl (C=O) groups is 2. The summed E-state index contributed by atoms with van der Waals surface area (Å²) >= 11 is 6.08. The molecule has 4 rings (SSSR count). The number of alkyl carbamates (subject to hydrolysis) is 1. The lowest BCUT2D eigenvalue weighted by molar-refractivity contribution is -0.133. The number of ether oxygens (including phenoxy) is 1. The van der Waals surface area contributed by atoms with E-state index in [4.69, 9.17) is 16.3 Å². The predicted molar refractivity (Wildman–Crippen MR) is 138 cm³/mol. The average Bonchev–Trinajstić information content (AvgIpc) is 2.86. The average molecular weight is 583 g/mol. The number of amidine groups is 1. The molecule has 8 nitrogen and oxygen atoms in total. The second-order valence-corrected chi connectivity index (χ2v) is 11.0. The molecule has 1 aliphatic heterocycles. The summed E-state index contributed by atoms with van der Waals surface area (Å²) in [6, 6.07) is 0.793. The molecule has 2 heterocycles. The Labute approximate surface area is 232 Å². The van der Waals surface area contributed by atoms with Gasteiger partial charge in [-0.25, -0.2) is 32.1 Å². The molecular formula is C27H27ClF4N4O4. The maximum atomic E-state index is 14.7. The van der Waals surface area contributed by atoms with E-state index in [1.165, 1.54) is 0 Å². The monoisotopic (exact) mass is 582 g/mol. The molecule has 1 aliphatic carbocycles. The highest BCUT2D eigenvalue weighted by Crippen LogP contribution is 2.41. The van der Waals surface area contributed by atoms with E-state index in [0.29, 0.717) is 31.7 Å². The molecule has 1 unspecified atom stereocenters. The number of halogens is 5. The first-order valence-corrected chi connectivity index (χ1v) is 12.9. The third kappa shape index (κ3) is 6.38. The summed E-state index contributed by atoms with van der Waals surface area (Å²) < 4.78 is 61.8. The maximum Gasteiger partial charge on any atom is 0.407 e. The number of nitrogens with one attached hydrogen (secondary N) is 2. The van der Waals surface area contributed by atoms with Crippen LogP contribution in [0.3, 0.4) is 0 Å². The Morgan fingerprint density at radius 1 is 1.10 bits per heavy atom. The van der Waals surface area contributed by atoms with Gasteiger partial charge in [0.2, 0.25) is 0 Å². The van der Waals surface area contributed by atoms with Crippen molar-refractivity contribution in [3.63, 3.8) is 0 Å². The van der Waals surface area contributed by atoms with Gasteiger partial charge in [0.15, 0.2) is 23.3 Å². The summed E-state index contributed by atoms with van der Waals surface area (Å²) in [7, 11) is 0. The van der Waals surface area contributed by atoms with Crippen LogP contribution >= 0.6 is 11.6 Å². The van der Waals surface area contributed by atoms with Gasteiger partial charge in [-0.1, -0.05) is 17.7 Å². The van der Waals surface area contributed by atoms with Crippen molar-refractivity contribution in [3.8, 4) is 0 Å². The molecule has 2 aliphatic rings. The smallest absolute Gasteiger partial charge is 0.407 e. The zero-order chi connectivity index (χ0) is 29.4. The van der Waals surface area contributed by atoms with Crippen LogP contribution in [0, 0.1) is 29.2 Å². The quantitative estimate of drug-likeness (QED) is 0.303. The predicted octanol–water partition coefficient (Wildman–Crippen LogP) is 5.80. The normalized spacial score (nSPS) is 21.4. The molecule has 0 saturated heterocycles. The van der Waals surface area contributed by atoms with Crippen molar-refractivity contribution in [2.75, 3.05) is 0 Å². The van der Waals surface area contributed by atoms with E-state index in [2.05, 4.69) is 20.6 Å². The van der Waals surface area contributed by atoms with Crippen LogP contribution in [0.25, 0.3) is 0 Å². The van der Waals surface area contributed by atoms with Gasteiger partial charge >= 0.3 is 12.1 Å². The van der Waals surface area contributed by atoms with Crippen molar-refractivity contribution in [3.05, 3.63) is 75.2 Å². The highest BCUT2D eigenvalue weighted by atomic mass is 35.5. The van der Waals surface area contributed by atoms with Gasteiger partial charge in [-0.2, -0.15) is 0 Å². The Morgan fingerprint density at radius 3 is 2.38 bits per heavy atom. The molecule has 1 aromatic heterocycles. The summed E-state index contributed by atoms with van der Waals surface area (Å²) in [5.74, 6) is -6.69. The highest BCUT2D eigenvalue weighted by Gasteiger charge is 2.38. The molecule has 0 bridgehead atoms. The van der Waals surface area contributed by atoms with Crippen LogP contribution in [0.5, 0.6) is 0 Å². The minimum absolute atomic E-state index is 0.155. The van der Waals surface area contributed by atoms with Gasteiger partial charge < -0.3 is 20.5 Å². The number of rotatable bonds is 5. The lowest BCUT2D eigenvalue weighted by Crippen LogP contribution is -2.43. The number of aliphatic carboxylic acids is 1. The first kappa shape index (κ1) is 29.3. The molecule has 1 aromatic carbocycles. The van der Waals surface area contributed by atoms with Gasteiger partial charge in [0.1, 0.15) is 23.2 Å². The van der Waals surface area contributed by atoms with Crippen molar-refractivity contribution in [2.24, 2.45) is 10.9 Å². The molecule has 1 saturated carbocycles. The van der Waals surface area contributed by atoms with Gasteiger partial charge in [-0.15, -0.1) is 0 Å². The number of hydrogen-bond acceptors (Lipinski definition) is 6. The lowest BCUT2D eigenvalue weighted by atomic mass is 9.80. The van der Waals surface area contributed by atoms with Crippen LogP contribution in [0.15, 0.2) is 40.7 Å². The molecule has 1 atom stereocenters. The van der Waals surface area contributed by atoms with Crippen LogP contribution in [0.2, 0.25) is 5.02 Å². The van der Waals surface area contributed by atoms with Crippen LogP contribution in [-0.4, -0.2) is 39.6 Å². The van der Waals surface area contributed by atoms with Crippen molar-refractivity contribution < 1.29 is 37.0 Å². The van der Waals surface area contributed by atoms with Gasteiger partial charge in [0.05, 0.1) is 16.8 Å². The van der Waals surface area contributed by atoms with Crippen LogP contribution in [-0.2, 0) is 9.53 Å². The third-order valence-electron chi connectivity index (χ3n) is 6.55. The third-order valence-corrected chi connectivity index (χ3v) is 6.94. The van der Waals surface area contributed by atoms with Gasteiger partial charge in [-0.3, -0.25) is 4.99 Å². The molecule has 13 heteroatoms. The first-order valence-electron chi connectivity index (χ1n) is 12.5. The van der Waals surface area contributed by atoms with Gasteiger partial charge in [0, 0.05) is 23.4 Å². The Bertz CT molecular complexity index is 1400. The number of nitrogens with zero attached hydrogens (tertiary/aromatic N) is 2. The number of amides is 1. The Morgan fingerprint density at radius 2 is 1.77 bits per heavy atom. The minimum Gasteiger partial charge on any atom is -0.478 e. The molecule has 214 valence electrons. The van der Waals surface area contributed by atoms with E-state index in [1.807, 2.05) is 0 Å². The molecule has 2 aromatic rings. The minimum atomic E-state index is -1.46. The van der Waals surface area contributed by atoms with Gasteiger partial charge in [0.25, 0.3) is 0 Å². The number of carboxylic acids is 1.